The number of carbonyl (C=O) groups is 1. The Labute approximate surface area is 179 Å². The number of nitrogens with zero attached hydrogens (tertiary/aromatic N) is 1. The van der Waals surface area contributed by atoms with Gasteiger partial charge in [-0.3, -0.25) is 4.90 Å². The maximum Gasteiger partial charge on any atom is 0.414 e. The molecule has 7 heteroatoms. The number of nitrogens with two attached hydrogens (primary N) is 1. The molecule has 2 N–H and O–H groups in total. The lowest BCUT2D eigenvalue weighted by atomic mass is 10.1. The normalized spacial score (nSPS) is 16.8. The monoisotopic (exact) mass is 428 g/mol. The molecule has 2 aromatic rings. The molecule has 3 rings (SSSR count). The Balaban J connectivity index is 1.69. The van der Waals surface area contributed by atoms with Gasteiger partial charge in [0.2, 0.25) is 0 Å². The Morgan fingerprint density at radius 1 is 1.20 bits per heavy atom. The van der Waals surface area contributed by atoms with Crippen LogP contribution in [0, 0.1) is 0 Å². The molecule has 30 heavy (non-hydrogen) atoms. The number of methoxy groups -OCH3 is 1. The number of fused-ring (bicyclic) bond motifs is 1. The van der Waals surface area contributed by atoms with Crippen molar-refractivity contribution >= 4 is 19.9 Å². The summed E-state index contributed by atoms with van der Waals surface area (Å²) in [6.07, 6.45) is -0.366. The minimum Gasteiger partial charge on any atom is -0.497 e. The van der Waals surface area contributed by atoms with Gasteiger partial charge in [-0.15, -0.1) is 0 Å². The molecule has 1 heterocycles. The van der Waals surface area contributed by atoms with Gasteiger partial charge in [0.25, 0.3) is 0 Å². The van der Waals surface area contributed by atoms with Gasteiger partial charge in [-0.25, -0.2) is 4.79 Å². The van der Waals surface area contributed by atoms with Crippen LogP contribution in [0.25, 0.3) is 0 Å². The second-order valence-electron chi connectivity index (χ2n) is 8.82. The SMILES string of the molecule is COc1cccc(COC(N)C2Cc3ccccc3N2C(=O)OCC[Si](C)(C)C)c1. The maximum atomic E-state index is 13.0. The molecule has 6 nitrogen and oxygen atoms in total. The van der Waals surface area contributed by atoms with Crippen LogP contribution in [-0.2, 0) is 22.5 Å². The van der Waals surface area contributed by atoms with Gasteiger partial charge in [0.05, 0.1) is 32.1 Å². The topological polar surface area (TPSA) is 74.0 Å². The van der Waals surface area contributed by atoms with Crippen LogP contribution in [0.4, 0.5) is 10.5 Å². The van der Waals surface area contributed by atoms with Gasteiger partial charge in [-0.2, -0.15) is 0 Å². The van der Waals surface area contributed by atoms with E-state index in [1.165, 1.54) is 0 Å². The number of benzene rings is 2. The molecule has 0 bridgehead atoms. The molecular weight excluding hydrogens is 396 g/mol. The highest BCUT2D eigenvalue weighted by molar-refractivity contribution is 6.76. The van der Waals surface area contributed by atoms with Crippen LogP contribution in [-0.4, -0.2) is 40.2 Å². The van der Waals surface area contributed by atoms with Crippen molar-refractivity contribution in [3.8, 4) is 5.75 Å². The van der Waals surface area contributed by atoms with E-state index in [4.69, 9.17) is 19.9 Å². The lowest BCUT2D eigenvalue weighted by Crippen LogP contribution is -2.50. The van der Waals surface area contributed by atoms with Crippen LogP contribution >= 0.6 is 0 Å². The minimum absolute atomic E-state index is 0.313. The summed E-state index contributed by atoms with van der Waals surface area (Å²) in [5.74, 6) is 0.769. The molecule has 1 amide bonds. The molecule has 2 unspecified atom stereocenters. The smallest absolute Gasteiger partial charge is 0.414 e. The number of rotatable bonds is 8. The summed E-state index contributed by atoms with van der Waals surface area (Å²) in [7, 11) is 0.345. The molecular formula is C23H32N2O4Si. The molecule has 162 valence electrons. The zero-order valence-electron chi connectivity index (χ0n) is 18.3. The number of anilines is 1. The lowest BCUT2D eigenvalue weighted by Gasteiger charge is -2.29. The molecule has 1 aliphatic heterocycles. The lowest BCUT2D eigenvalue weighted by molar-refractivity contribution is 0.0268. The molecule has 0 radical (unpaired) electrons. The predicted molar refractivity (Wildman–Crippen MR) is 122 cm³/mol. The van der Waals surface area contributed by atoms with E-state index in [2.05, 4.69) is 19.6 Å². The van der Waals surface area contributed by atoms with Gasteiger partial charge in [-0.05, 0) is 41.8 Å². The highest BCUT2D eigenvalue weighted by atomic mass is 28.3. The van der Waals surface area contributed by atoms with E-state index in [9.17, 15) is 4.79 Å². The zero-order chi connectivity index (χ0) is 21.7. The van der Waals surface area contributed by atoms with Crippen molar-refractivity contribution in [2.75, 3.05) is 18.6 Å². The fourth-order valence-corrected chi connectivity index (χ4v) is 4.20. The van der Waals surface area contributed by atoms with E-state index in [-0.39, 0.29) is 12.1 Å². The average molecular weight is 429 g/mol. The van der Waals surface area contributed by atoms with Crippen LogP contribution in [0.15, 0.2) is 48.5 Å². The number of amides is 1. The van der Waals surface area contributed by atoms with E-state index in [1.807, 2.05) is 48.5 Å². The largest absolute Gasteiger partial charge is 0.497 e. The van der Waals surface area contributed by atoms with Gasteiger partial charge < -0.3 is 19.9 Å². The molecule has 2 atom stereocenters. The third kappa shape index (κ3) is 5.62. The van der Waals surface area contributed by atoms with Crippen molar-refractivity contribution in [3.05, 3.63) is 59.7 Å². The molecule has 0 aromatic heterocycles. The molecule has 1 aliphatic rings. The average Bonchev–Trinajstić information content (AvgIpc) is 3.11. The van der Waals surface area contributed by atoms with Crippen molar-refractivity contribution in [1.29, 1.82) is 0 Å². The number of hydrogen-bond donors (Lipinski definition) is 1. The first kappa shape index (κ1) is 22.3. The second kappa shape index (κ2) is 9.64. The van der Waals surface area contributed by atoms with Crippen molar-refractivity contribution in [2.24, 2.45) is 5.73 Å². The first-order valence-electron chi connectivity index (χ1n) is 10.3. The number of ether oxygens (including phenoxy) is 3. The molecule has 0 aliphatic carbocycles. The minimum atomic E-state index is -1.29. The third-order valence-electron chi connectivity index (χ3n) is 5.24. The van der Waals surface area contributed by atoms with E-state index in [0.29, 0.717) is 19.6 Å². The third-order valence-corrected chi connectivity index (χ3v) is 6.95. The van der Waals surface area contributed by atoms with Crippen molar-refractivity contribution in [2.45, 2.75) is 51.0 Å². The zero-order valence-corrected chi connectivity index (χ0v) is 19.3. The number of hydrogen-bond acceptors (Lipinski definition) is 5. The molecule has 0 spiro atoms. The van der Waals surface area contributed by atoms with Crippen molar-refractivity contribution in [3.63, 3.8) is 0 Å². The highest BCUT2D eigenvalue weighted by Crippen LogP contribution is 2.34. The number of para-hydroxylation sites is 1. The summed E-state index contributed by atoms with van der Waals surface area (Å²) in [4.78, 5) is 14.6. The van der Waals surface area contributed by atoms with Gasteiger partial charge in [0.1, 0.15) is 12.0 Å². The molecule has 0 saturated carbocycles. The van der Waals surface area contributed by atoms with Crippen LogP contribution < -0.4 is 15.4 Å². The first-order chi connectivity index (χ1) is 14.3. The summed E-state index contributed by atoms with van der Waals surface area (Å²) in [5.41, 5.74) is 9.29. The maximum absolute atomic E-state index is 13.0. The first-order valence-corrected chi connectivity index (χ1v) is 14.0. The summed E-state index contributed by atoms with van der Waals surface area (Å²) in [6.45, 7) is 7.55. The Bertz CT molecular complexity index is 868. The van der Waals surface area contributed by atoms with Crippen molar-refractivity contribution in [1.82, 2.24) is 0 Å². The molecule has 2 aromatic carbocycles. The Hall–Kier alpha value is -2.35. The fraction of sp³-hybridized carbons (Fsp3) is 0.435. The van der Waals surface area contributed by atoms with Gasteiger partial charge in [0.15, 0.2) is 0 Å². The van der Waals surface area contributed by atoms with E-state index < -0.39 is 14.3 Å². The number of carbonyl (C=O) groups excluding carboxylic acids is 1. The summed E-state index contributed by atoms with van der Waals surface area (Å²) >= 11 is 0. The molecule has 0 fully saturated rings. The van der Waals surface area contributed by atoms with Crippen LogP contribution in [0.2, 0.25) is 25.7 Å². The van der Waals surface area contributed by atoms with E-state index in [1.54, 1.807) is 12.0 Å². The predicted octanol–water partition coefficient (Wildman–Crippen LogP) is 4.40. The second-order valence-corrected chi connectivity index (χ2v) is 14.4. The Morgan fingerprint density at radius 3 is 2.70 bits per heavy atom. The van der Waals surface area contributed by atoms with Crippen molar-refractivity contribution < 1.29 is 19.0 Å². The van der Waals surface area contributed by atoms with Crippen LogP contribution in [0.3, 0.4) is 0 Å². The standard InChI is InChI=1S/C23H32N2O4Si/c1-27-19-10-7-8-17(14-19)16-29-22(24)21-15-18-9-5-6-11-20(18)25(21)23(26)28-12-13-30(2,3)4/h5-11,14,21-22H,12-13,15-16,24H2,1-4H3. The summed E-state index contributed by atoms with van der Waals surface area (Å²) in [5, 5.41) is 0. The van der Waals surface area contributed by atoms with Crippen LogP contribution in [0.1, 0.15) is 11.1 Å². The molecule has 0 saturated heterocycles. The highest BCUT2D eigenvalue weighted by Gasteiger charge is 2.39. The Kier molecular flexibility index (Phi) is 7.17. The van der Waals surface area contributed by atoms with Gasteiger partial charge in [0, 0.05) is 8.07 Å². The van der Waals surface area contributed by atoms with Gasteiger partial charge >= 0.3 is 6.09 Å². The Morgan fingerprint density at radius 2 is 1.97 bits per heavy atom. The fourth-order valence-electron chi connectivity index (χ4n) is 3.49. The van der Waals surface area contributed by atoms with E-state index >= 15 is 0 Å². The summed E-state index contributed by atoms with van der Waals surface area (Å²) < 4.78 is 16.8. The van der Waals surface area contributed by atoms with Crippen LogP contribution in [0.5, 0.6) is 5.75 Å². The summed E-state index contributed by atoms with van der Waals surface area (Å²) in [6, 6.07) is 16.1. The van der Waals surface area contributed by atoms with Gasteiger partial charge in [-0.1, -0.05) is 50.0 Å². The van der Waals surface area contributed by atoms with E-state index in [0.717, 1.165) is 28.6 Å². The quantitative estimate of drug-likeness (QED) is 0.498.